The van der Waals surface area contributed by atoms with Crippen molar-refractivity contribution in [3.63, 3.8) is 0 Å². The van der Waals surface area contributed by atoms with Crippen LogP contribution >= 0.6 is 15.9 Å². The molecule has 0 heterocycles. The van der Waals surface area contributed by atoms with Crippen molar-refractivity contribution in [1.82, 2.24) is 10.9 Å². The van der Waals surface area contributed by atoms with Crippen molar-refractivity contribution in [3.05, 3.63) is 0 Å². The summed E-state index contributed by atoms with van der Waals surface area (Å²) in [6, 6.07) is 0. The Labute approximate surface area is 119 Å². The molecule has 3 saturated carbocycles. The van der Waals surface area contributed by atoms with Gasteiger partial charge in [-0.05, 0) is 44.4 Å². The number of amides is 1. The Balaban J connectivity index is 2.16. The Bertz CT molecular complexity index is 388. The highest BCUT2D eigenvalue weighted by Crippen LogP contribution is 2.79. The fourth-order valence-corrected chi connectivity index (χ4v) is 5.62. The van der Waals surface area contributed by atoms with E-state index < -0.39 is 0 Å². The minimum Gasteiger partial charge on any atom is -0.291 e. The van der Waals surface area contributed by atoms with Crippen molar-refractivity contribution in [2.24, 2.45) is 16.2 Å². The molecule has 0 saturated heterocycles. The van der Waals surface area contributed by atoms with E-state index in [0.29, 0.717) is 0 Å². The van der Waals surface area contributed by atoms with Crippen molar-refractivity contribution in [1.29, 1.82) is 0 Å². The quantitative estimate of drug-likeness (QED) is 0.607. The Morgan fingerprint density at radius 1 is 1.22 bits per heavy atom. The molecule has 0 aromatic heterocycles. The van der Waals surface area contributed by atoms with Crippen LogP contribution in [0.2, 0.25) is 0 Å². The molecule has 18 heavy (non-hydrogen) atoms. The molecule has 0 radical (unpaired) electrons. The normalized spacial score (nSPS) is 41.4. The molecule has 3 unspecified atom stereocenters. The van der Waals surface area contributed by atoms with Crippen LogP contribution in [0.1, 0.15) is 54.4 Å². The molecule has 3 rings (SSSR count). The average molecular weight is 317 g/mol. The molecule has 0 aromatic carbocycles. The second-order valence-corrected chi connectivity index (χ2v) is 8.62. The van der Waals surface area contributed by atoms with Gasteiger partial charge in [-0.1, -0.05) is 36.7 Å². The van der Waals surface area contributed by atoms with Crippen LogP contribution in [0.3, 0.4) is 0 Å². The minimum atomic E-state index is -0.264. The standard InChI is InChI=1S/C14H25BrN2O/c1-11(2,3)17-16-10(18)14-8-7-13(6,9(14)15)12(14,4)5/h9,17H,7-8H2,1-6H3,(H,16,18). The van der Waals surface area contributed by atoms with Gasteiger partial charge in [0.05, 0.1) is 5.41 Å². The second kappa shape index (κ2) is 3.72. The van der Waals surface area contributed by atoms with Crippen molar-refractivity contribution in [2.75, 3.05) is 0 Å². The zero-order chi connectivity index (χ0) is 14.0. The summed E-state index contributed by atoms with van der Waals surface area (Å²) in [6.07, 6.45) is 2.10. The van der Waals surface area contributed by atoms with Gasteiger partial charge in [0.15, 0.2) is 0 Å². The van der Waals surface area contributed by atoms with E-state index in [1.807, 2.05) is 20.8 Å². The van der Waals surface area contributed by atoms with Gasteiger partial charge in [0.1, 0.15) is 0 Å². The number of hydrogen-bond donors (Lipinski definition) is 2. The molecule has 104 valence electrons. The van der Waals surface area contributed by atoms with Crippen LogP contribution < -0.4 is 10.9 Å². The minimum absolute atomic E-state index is 0.0534. The summed E-state index contributed by atoms with van der Waals surface area (Å²) in [6.45, 7) is 12.9. The monoisotopic (exact) mass is 316 g/mol. The number of rotatable bonds is 2. The van der Waals surface area contributed by atoms with E-state index in [4.69, 9.17) is 0 Å². The maximum Gasteiger partial charge on any atom is 0.242 e. The van der Waals surface area contributed by atoms with Crippen LogP contribution in [0.15, 0.2) is 0 Å². The van der Waals surface area contributed by atoms with Crippen molar-refractivity contribution in [3.8, 4) is 0 Å². The topological polar surface area (TPSA) is 41.1 Å². The van der Waals surface area contributed by atoms with E-state index in [0.717, 1.165) is 12.8 Å². The molecule has 3 aliphatic rings. The van der Waals surface area contributed by atoms with E-state index >= 15 is 0 Å². The van der Waals surface area contributed by atoms with Gasteiger partial charge in [0, 0.05) is 10.4 Å². The lowest BCUT2D eigenvalue weighted by Crippen LogP contribution is -2.70. The summed E-state index contributed by atoms with van der Waals surface area (Å²) in [5, 5.41) is 0. The zero-order valence-corrected chi connectivity index (χ0v) is 13.9. The SMILES string of the molecule is CC(C)(C)NNC(=O)C12CCC(C)(C1Br)C2(C)C. The highest BCUT2D eigenvalue weighted by molar-refractivity contribution is 9.09. The number of carbonyl (C=O) groups is 1. The van der Waals surface area contributed by atoms with Crippen LogP contribution in [-0.4, -0.2) is 16.3 Å². The largest absolute Gasteiger partial charge is 0.291 e. The van der Waals surface area contributed by atoms with Gasteiger partial charge in [-0.25, -0.2) is 5.43 Å². The van der Waals surface area contributed by atoms with E-state index in [9.17, 15) is 4.79 Å². The van der Waals surface area contributed by atoms with Crippen LogP contribution in [-0.2, 0) is 4.79 Å². The number of hydrazine groups is 1. The zero-order valence-electron chi connectivity index (χ0n) is 12.3. The molecule has 3 atom stereocenters. The van der Waals surface area contributed by atoms with Gasteiger partial charge in [0.2, 0.25) is 5.91 Å². The summed E-state index contributed by atoms with van der Waals surface area (Å²) in [5.74, 6) is 0.138. The lowest BCUT2D eigenvalue weighted by atomic mass is 9.43. The third-order valence-corrected chi connectivity index (χ3v) is 7.32. The van der Waals surface area contributed by atoms with Crippen LogP contribution in [0.5, 0.6) is 0 Å². The van der Waals surface area contributed by atoms with E-state index in [1.54, 1.807) is 0 Å². The van der Waals surface area contributed by atoms with Crippen LogP contribution in [0.4, 0.5) is 0 Å². The number of alkyl halides is 1. The Morgan fingerprint density at radius 3 is 2.11 bits per heavy atom. The first-order valence-corrected chi connectivity index (χ1v) is 7.62. The van der Waals surface area contributed by atoms with Gasteiger partial charge in [-0.2, -0.15) is 0 Å². The summed E-state index contributed by atoms with van der Waals surface area (Å²) in [7, 11) is 0. The molecule has 2 N–H and O–H groups in total. The van der Waals surface area contributed by atoms with Gasteiger partial charge < -0.3 is 0 Å². The molecule has 1 amide bonds. The van der Waals surface area contributed by atoms with Gasteiger partial charge in [-0.15, -0.1) is 0 Å². The maximum absolute atomic E-state index is 12.6. The van der Waals surface area contributed by atoms with Crippen LogP contribution in [0.25, 0.3) is 0 Å². The van der Waals surface area contributed by atoms with Crippen molar-refractivity contribution in [2.45, 2.75) is 64.8 Å². The lowest BCUT2D eigenvalue weighted by Gasteiger charge is -2.64. The first-order valence-electron chi connectivity index (χ1n) is 6.71. The molecule has 0 aromatic rings. The molecule has 2 bridgehead atoms. The fourth-order valence-electron chi connectivity index (χ4n) is 3.81. The summed E-state index contributed by atoms with van der Waals surface area (Å²) in [5.41, 5.74) is 5.95. The Morgan fingerprint density at radius 2 is 1.78 bits per heavy atom. The predicted molar refractivity (Wildman–Crippen MR) is 77.3 cm³/mol. The third kappa shape index (κ3) is 1.48. The second-order valence-electron chi connectivity index (χ2n) is 7.71. The number of nitrogens with one attached hydrogen (secondary N) is 2. The number of fused-ring (bicyclic) bond motifs is 1. The highest BCUT2D eigenvalue weighted by Gasteiger charge is 2.80. The van der Waals surface area contributed by atoms with E-state index in [-0.39, 0.29) is 32.5 Å². The molecule has 3 aliphatic carbocycles. The van der Waals surface area contributed by atoms with Crippen molar-refractivity contribution >= 4 is 21.8 Å². The van der Waals surface area contributed by atoms with E-state index in [1.165, 1.54) is 0 Å². The molecular weight excluding hydrogens is 292 g/mol. The number of carbonyl (C=O) groups excluding carboxylic acids is 1. The van der Waals surface area contributed by atoms with Gasteiger partial charge in [0.25, 0.3) is 0 Å². The molecule has 3 fully saturated rings. The summed E-state index contributed by atoms with van der Waals surface area (Å²) < 4.78 is 0. The van der Waals surface area contributed by atoms with Crippen LogP contribution in [0, 0.1) is 16.2 Å². The summed E-state index contributed by atoms with van der Waals surface area (Å²) in [4.78, 5) is 12.9. The summed E-state index contributed by atoms with van der Waals surface area (Å²) >= 11 is 3.77. The smallest absolute Gasteiger partial charge is 0.242 e. The Hall–Kier alpha value is -0.0900. The lowest BCUT2D eigenvalue weighted by molar-refractivity contribution is -0.163. The number of hydrogen-bond acceptors (Lipinski definition) is 2. The third-order valence-electron chi connectivity index (χ3n) is 5.53. The van der Waals surface area contributed by atoms with Crippen molar-refractivity contribution < 1.29 is 4.79 Å². The van der Waals surface area contributed by atoms with Gasteiger partial charge >= 0.3 is 0 Å². The van der Waals surface area contributed by atoms with Gasteiger partial charge in [-0.3, -0.25) is 10.2 Å². The molecule has 3 nitrogen and oxygen atoms in total. The Kier molecular flexibility index (Phi) is 2.96. The maximum atomic E-state index is 12.6. The first kappa shape index (κ1) is 14.3. The molecule has 0 aliphatic heterocycles. The highest BCUT2D eigenvalue weighted by atomic mass is 79.9. The predicted octanol–water partition coefficient (Wildman–Crippen LogP) is 3.00. The first-order chi connectivity index (χ1) is 7.99. The fraction of sp³-hybridized carbons (Fsp3) is 0.929. The average Bonchev–Trinajstić information content (AvgIpc) is 2.63. The van der Waals surface area contributed by atoms with E-state index in [2.05, 4.69) is 47.6 Å². The molecular formula is C14H25BrN2O. The molecule has 4 heteroatoms. The number of halogens is 1. The molecule has 0 spiro atoms.